The SMILES string of the molecule is CCCC(Oc1ccc(F)cc1Br)C(=O)O. The molecule has 0 amide bonds. The van der Waals surface area contributed by atoms with E-state index in [1.807, 2.05) is 6.92 Å². The molecule has 0 saturated carbocycles. The van der Waals surface area contributed by atoms with Crippen molar-refractivity contribution in [2.75, 3.05) is 0 Å². The molecule has 0 spiro atoms. The van der Waals surface area contributed by atoms with E-state index in [1.54, 1.807) is 0 Å². The van der Waals surface area contributed by atoms with E-state index in [2.05, 4.69) is 15.9 Å². The number of ether oxygens (including phenoxy) is 1. The number of hydrogen-bond acceptors (Lipinski definition) is 2. The topological polar surface area (TPSA) is 46.5 Å². The minimum absolute atomic E-state index is 0.335. The molecule has 0 aliphatic rings. The number of rotatable bonds is 5. The van der Waals surface area contributed by atoms with E-state index in [-0.39, 0.29) is 0 Å². The molecule has 16 heavy (non-hydrogen) atoms. The van der Waals surface area contributed by atoms with Crippen LogP contribution in [0.15, 0.2) is 22.7 Å². The molecule has 1 rings (SSSR count). The van der Waals surface area contributed by atoms with Crippen molar-refractivity contribution in [1.82, 2.24) is 0 Å². The van der Waals surface area contributed by atoms with Gasteiger partial charge in [0.25, 0.3) is 0 Å². The third-order valence-corrected chi connectivity index (χ3v) is 2.61. The largest absolute Gasteiger partial charge is 0.479 e. The van der Waals surface area contributed by atoms with E-state index < -0.39 is 17.9 Å². The van der Waals surface area contributed by atoms with Crippen molar-refractivity contribution in [3.63, 3.8) is 0 Å². The lowest BCUT2D eigenvalue weighted by Crippen LogP contribution is -2.26. The zero-order chi connectivity index (χ0) is 12.1. The van der Waals surface area contributed by atoms with Crippen LogP contribution in [0.5, 0.6) is 5.75 Å². The van der Waals surface area contributed by atoms with Gasteiger partial charge in [0, 0.05) is 0 Å². The first kappa shape index (κ1) is 13.0. The molecule has 5 heteroatoms. The molecule has 1 atom stereocenters. The van der Waals surface area contributed by atoms with Gasteiger partial charge >= 0.3 is 5.97 Å². The highest BCUT2D eigenvalue weighted by Gasteiger charge is 2.19. The summed E-state index contributed by atoms with van der Waals surface area (Å²) in [5.41, 5.74) is 0. The second kappa shape index (κ2) is 5.84. The van der Waals surface area contributed by atoms with Gasteiger partial charge in [0.15, 0.2) is 6.10 Å². The van der Waals surface area contributed by atoms with Crippen molar-refractivity contribution >= 4 is 21.9 Å². The summed E-state index contributed by atoms with van der Waals surface area (Å²) in [4.78, 5) is 10.9. The van der Waals surface area contributed by atoms with Crippen LogP contribution in [-0.2, 0) is 4.79 Å². The van der Waals surface area contributed by atoms with Crippen molar-refractivity contribution in [1.29, 1.82) is 0 Å². The first-order valence-electron chi connectivity index (χ1n) is 4.89. The van der Waals surface area contributed by atoms with E-state index in [9.17, 15) is 9.18 Å². The molecular weight excluding hydrogens is 279 g/mol. The Bertz CT molecular complexity index is 381. The molecule has 0 aromatic heterocycles. The van der Waals surface area contributed by atoms with Gasteiger partial charge in [-0.15, -0.1) is 0 Å². The van der Waals surface area contributed by atoms with E-state index in [0.717, 1.165) is 0 Å². The third kappa shape index (κ3) is 3.48. The average molecular weight is 291 g/mol. The molecule has 0 saturated heterocycles. The molecule has 0 bridgehead atoms. The molecular formula is C11H12BrFO3. The molecule has 0 fully saturated rings. The highest BCUT2D eigenvalue weighted by atomic mass is 79.9. The van der Waals surface area contributed by atoms with E-state index in [0.29, 0.717) is 23.1 Å². The Morgan fingerprint density at radius 2 is 2.31 bits per heavy atom. The average Bonchev–Trinajstić information content (AvgIpc) is 2.20. The van der Waals surface area contributed by atoms with Crippen molar-refractivity contribution in [2.45, 2.75) is 25.9 Å². The van der Waals surface area contributed by atoms with Gasteiger partial charge < -0.3 is 9.84 Å². The van der Waals surface area contributed by atoms with Gasteiger partial charge in [-0.3, -0.25) is 0 Å². The summed E-state index contributed by atoms with van der Waals surface area (Å²) < 4.78 is 18.5. The molecule has 1 unspecified atom stereocenters. The number of carboxylic acid groups (broad SMARTS) is 1. The van der Waals surface area contributed by atoms with Crippen LogP contribution in [0.1, 0.15) is 19.8 Å². The maximum Gasteiger partial charge on any atom is 0.344 e. The lowest BCUT2D eigenvalue weighted by Gasteiger charge is -2.15. The molecule has 1 aromatic rings. The normalized spacial score (nSPS) is 12.2. The number of halogens is 2. The van der Waals surface area contributed by atoms with E-state index >= 15 is 0 Å². The van der Waals surface area contributed by atoms with Gasteiger partial charge in [-0.2, -0.15) is 0 Å². The molecule has 1 N–H and O–H groups in total. The highest BCUT2D eigenvalue weighted by molar-refractivity contribution is 9.10. The maximum absolute atomic E-state index is 12.8. The Morgan fingerprint density at radius 3 is 2.81 bits per heavy atom. The Morgan fingerprint density at radius 1 is 1.62 bits per heavy atom. The Kier molecular flexibility index (Phi) is 4.73. The Hall–Kier alpha value is -1.10. The van der Waals surface area contributed by atoms with Gasteiger partial charge in [0.2, 0.25) is 0 Å². The summed E-state index contributed by atoms with van der Waals surface area (Å²) >= 11 is 3.12. The zero-order valence-corrected chi connectivity index (χ0v) is 10.3. The molecule has 0 aliphatic carbocycles. The van der Waals surface area contributed by atoms with Gasteiger partial charge in [0.05, 0.1) is 4.47 Å². The summed E-state index contributed by atoms with van der Waals surface area (Å²) in [5, 5.41) is 8.90. The zero-order valence-electron chi connectivity index (χ0n) is 8.74. The minimum atomic E-state index is -1.02. The molecule has 1 aromatic carbocycles. The highest BCUT2D eigenvalue weighted by Crippen LogP contribution is 2.27. The molecule has 0 heterocycles. The van der Waals surface area contributed by atoms with Gasteiger partial charge in [-0.05, 0) is 40.5 Å². The number of carboxylic acids is 1. The predicted octanol–water partition coefficient (Wildman–Crippen LogP) is 3.22. The second-order valence-corrected chi connectivity index (χ2v) is 4.16. The molecule has 0 aliphatic heterocycles. The maximum atomic E-state index is 12.8. The second-order valence-electron chi connectivity index (χ2n) is 3.31. The number of aliphatic carboxylic acids is 1. The van der Waals surface area contributed by atoms with Crippen molar-refractivity contribution in [3.05, 3.63) is 28.5 Å². The van der Waals surface area contributed by atoms with E-state index in [1.165, 1.54) is 18.2 Å². The first-order valence-corrected chi connectivity index (χ1v) is 5.68. The van der Waals surface area contributed by atoms with Crippen LogP contribution < -0.4 is 4.74 Å². The van der Waals surface area contributed by atoms with Crippen LogP contribution in [-0.4, -0.2) is 17.2 Å². The minimum Gasteiger partial charge on any atom is -0.479 e. The smallest absolute Gasteiger partial charge is 0.344 e. The standard InChI is InChI=1S/C11H12BrFO3/c1-2-3-10(11(14)15)16-9-5-4-7(13)6-8(9)12/h4-6,10H,2-3H2,1H3,(H,14,15). The monoisotopic (exact) mass is 290 g/mol. The van der Waals surface area contributed by atoms with E-state index in [4.69, 9.17) is 9.84 Å². The fourth-order valence-electron chi connectivity index (χ4n) is 1.22. The van der Waals surface area contributed by atoms with Crippen LogP contribution in [0, 0.1) is 5.82 Å². The first-order chi connectivity index (χ1) is 7.54. The van der Waals surface area contributed by atoms with Crippen LogP contribution in [0.4, 0.5) is 4.39 Å². The van der Waals surface area contributed by atoms with Crippen LogP contribution in [0.3, 0.4) is 0 Å². The predicted molar refractivity (Wildman–Crippen MR) is 61.1 cm³/mol. The summed E-state index contributed by atoms with van der Waals surface area (Å²) in [5.74, 6) is -1.08. The van der Waals surface area contributed by atoms with Gasteiger partial charge in [-0.1, -0.05) is 13.3 Å². The summed E-state index contributed by atoms with van der Waals surface area (Å²) in [7, 11) is 0. The molecule has 3 nitrogen and oxygen atoms in total. The Labute approximate surface area is 101 Å². The summed E-state index contributed by atoms with van der Waals surface area (Å²) in [6.45, 7) is 1.87. The van der Waals surface area contributed by atoms with Crippen molar-refractivity contribution in [3.8, 4) is 5.75 Å². The fourth-order valence-corrected chi connectivity index (χ4v) is 1.66. The quantitative estimate of drug-likeness (QED) is 0.906. The number of carbonyl (C=O) groups is 1. The van der Waals surface area contributed by atoms with Crippen LogP contribution >= 0.6 is 15.9 Å². The lowest BCUT2D eigenvalue weighted by atomic mass is 10.2. The van der Waals surface area contributed by atoms with Gasteiger partial charge in [-0.25, -0.2) is 9.18 Å². The number of benzene rings is 1. The fraction of sp³-hybridized carbons (Fsp3) is 0.364. The summed E-state index contributed by atoms with van der Waals surface area (Å²) in [6, 6.07) is 3.87. The summed E-state index contributed by atoms with van der Waals surface area (Å²) in [6.07, 6.45) is 0.223. The lowest BCUT2D eigenvalue weighted by molar-refractivity contribution is -0.145. The Balaban J connectivity index is 2.81. The van der Waals surface area contributed by atoms with Crippen LogP contribution in [0.2, 0.25) is 0 Å². The van der Waals surface area contributed by atoms with Gasteiger partial charge in [0.1, 0.15) is 11.6 Å². The van der Waals surface area contributed by atoms with Crippen LogP contribution in [0.25, 0.3) is 0 Å². The van der Waals surface area contributed by atoms with Crippen molar-refractivity contribution < 1.29 is 19.0 Å². The molecule has 0 radical (unpaired) electrons. The third-order valence-electron chi connectivity index (χ3n) is 1.99. The number of hydrogen-bond donors (Lipinski definition) is 1. The molecule has 88 valence electrons. The van der Waals surface area contributed by atoms with Crippen molar-refractivity contribution in [2.24, 2.45) is 0 Å².